The van der Waals surface area contributed by atoms with Gasteiger partial charge in [-0.2, -0.15) is 0 Å². The van der Waals surface area contributed by atoms with Crippen molar-refractivity contribution in [1.29, 1.82) is 0 Å². The molecule has 0 aromatic heterocycles. The lowest BCUT2D eigenvalue weighted by Crippen LogP contribution is -2.67. The van der Waals surface area contributed by atoms with Crippen LogP contribution in [0.2, 0.25) is 0 Å². The number of rotatable bonds is 8. The maximum atomic E-state index is 13.2. The van der Waals surface area contributed by atoms with Crippen LogP contribution in [0.3, 0.4) is 0 Å². The van der Waals surface area contributed by atoms with E-state index < -0.39 is 24.0 Å². The van der Waals surface area contributed by atoms with Gasteiger partial charge < -0.3 is 19.9 Å². The molecule has 0 radical (unpaired) electrons. The summed E-state index contributed by atoms with van der Waals surface area (Å²) in [5.41, 5.74) is 4.01. The second-order valence-corrected chi connectivity index (χ2v) is 7.86. The van der Waals surface area contributed by atoms with Gasteiger partial charge in [-0.15, -0.1) is 0 Å². The summed E-state index contributed by atoms with van der Waals surface area (Å²) in [4.78, 5) is 37.6. The SMILES string of the molecule is CCOc1cc(NC(C)=O)ccc1C(=O)NN1C(=O)[C@@H](Oc2ccccc2)[C@@H]1c1ccc(O)cc1. The third-order valence-electron chi connectivity index (χ3n) is 5.36. The molecule has 1 heterocycles. The van der Waals surface area contributed by atoms with Crippen LogP contribution in [0.5, 0.6) is 17.2 Å². The predicted molar refractivity (Wildman–Crippen MR) is 128 cm³/mol. The van der Waals surface area contributed by atoms with Crippen molar-refractivity contribution in [3.63, 3.8) is 0 Å². The highest BCUT2D eigenvalue weighted by molar-refractivity contribution is 6.00. The molecule has 1 aliphatic heterocycles. The number of β-lactam (4-membered cyclic amide) rings is 1. The Kier molecular flexibility index (Phi) is 6.86. The number of carbonyl (C=O) groups excluding carboxylic acids is 3. The fourth-order valence-corrected chi connectivity index (χ4v) is 3.78. The van der Waals surface area contributed by atoms with E-state index in [0.717, 1.165) is 0 Å². The number of hydrogen-bond donors (Lipinski definition) is 3. The minimum atomic E-state index is -0.865. The number of aromatic hydroxyl groups is 1. The zero-order chi connectivity index (χ0) is 24.9. The minimum Gasteiger partial charge on any atom is -0.508 e. The van der Waals surface area contributed by atoms with Crippen LogP contribution in [-0.4, -0.2) is 40.5 Å². The molecule has 180 valence electrons. The molecule has 9 nitrogen and oxygen atoms in total. The van der Waals surface area contributed by atoms with Gasteiger partial charge in [0.05, 0.1) is 12.2 Å². The lowest BCUT2D eigenvalue weighted by Gasteiger charge is -2.46. The van der Waals surface area contributed by atoms with Crippen molar-refractivity contribution in [2.75, 3.05) is 11.9 Å². The molecule has 0 saturated carbocycles. The maximum absolute atomic E-state index is 13.2. The number of carbonyl (C=O) groups is 3. The van der Waals surface area contributed by atoms with Gasteiger partial charge in [0, 0.05) is 18.7 Å². The topological polar surface area (TPSA) is 117 Å². The molecular weight excluding hydrogens is 450 g/mol. The Hall–Kier alpha value is -4.53. The van der Waals surface area contributed by atoms with Gasteiger partial charge in [0.25, 0.3) is 11.8 Å². The van der Waals surface area contributed by atoms with Gasteiger partial charge in [0.15, 0.2) is 0 Å². The highest BCUT2D eigenvalue weighted by Gasteiger charge is 2.51. The zero-order valence-electron chi connectivity index (χ0n) is 19.2. The Morgan fingerprint density at radius 1 is 1.03 bits per heavy atom. The first-order valence-corrected chi connectivity index (χ1v) is 11.1. The van der Waals surface area contributed by atoms with E-state index >= 15 is 0 Å². The number of hydrogen-bond acceptors (Lipinski definition) is 6. The average Bonchev–Trinajstić information content (AvgIpc) is 2.84. The van der Waals surface area contributed by atoms with E-state index in [2.05, 4.69) is 10.7 Å². The third-order valence-corrected chi connectivity index (χ3v) is 5.36. The van der Waals surface area contributed by atoms with Gasteiger partial charge in [-0.25, -0.2) is 5.01 Å². The van der Waals surface area contributed by atoms with Crippen molar-refractivity contribution >= 4 is 23.4 Å². The third kappa shape index (κ3) is 5.19. The van der Waals surface area contributed by atoms with Crippen molar-refractivity contribution < 1.29 is 29.0 Å². The fourth-order valence-electron chi connectivity index (χ4n) is 3.78. The predicted octanol–water partition coefficient (Wildman–Crippen LogP) is 3.43. The Labute approximate surface area is 202 Å². The van der Waals surface area contributed by atoms with E-state index in [-0.39, 0.29) is 23.0 Å². The van der Waals surface area contributed by atoms with Crippen molar-refractivity contribution in [3.05, 3.63) is 83.9 Å². The minimum absolute atomic E-state index is 0.0797. The van der Waals surface area contributed by atoms with Gasteiger partial charge >= 0.3 is 0 Å². The maximum Gasteiger partial charge on any atom is 0.285 e. The number of benzene rings is 3. The van der Waals surface area contributed by atoms with Gasteiger partial charge in [-0.3, -0.25) is 19.8 Å². The molecule has 0 unspecified atom stereocenters. The first kappa shape index (κ1) is 23.6. The average molecular weight is 476 g/mol. The van der Waals surface area contributed by atoms with E-state index in [1.54, 1.807) is 55.5 Å². The molecular formula is C26H25N3O6. The number of nitrogens with zero attached hydrogens (tertiary/aromatic N) is 1. The number of ether oxygens (including phenoxy) is 2. The summed E-state index contributed by atoms with van der Waals surface area (Å²) >= 11 is 0. The van der Waals surface area contributed by atoms with Crippen molar-refractivity contribution in [2.45, 2.75) is 26.0 Å². The second kappa shape index (κ2) is 10.2. The van der Waals surface area contributed by atoms with Crippen LogP contribution in [0.25, 0.3) is 0 Å². The van der Waals surface area contributed by atoms with Crippen LogP contribution in [0, 0.1) is 0 Å². The lowest BCUT2D eigenvalue weighted by molar-refractivity contribution is -0.169. The molecule has 4 rings (SSSR count). The van der Waals surface area contributed by atoms with Crippen LogP contribution < -0.4 is 20.2 Å². The van der Waals surface area contributed by atoms with E-state index in [9.17, 15) is 19.5 Å². The van der Waals surface area contributed by atoms with Gasteiger partial charge in [-0.1, -0.05) is 30.3 Å². The summed E-state index contributed by atoms with van der Waals surface area (Å²) < 4.78 is 11.5. The van der Waals surface area contributed by atoms with Crippen molar-refractivity contribution in [3.8, 4) is 17.2 Å². The van der Waals surface area contributed by atoms with Crippen LogP contribution in [0.15, 0.2) is 72.8 Å². The van der Waals surface area contributed by atoms with Gasteiger partial charge in [-0.05, 0) is 48.9 Å². The highest BCUT2D eigenvalue weighted by atomic mass is 16.5. The summed E-state index contributed by atoms with van der Waals surface area (Å²) in [7, 11) is 0. The number of phenolic OH excluding ortho intramolecular Hbond substituents is 1. The number of nitrogens with one attached hydrogen (secondary N) is 2. The first-order chi connectivity index (χ1) is 16.9. The molecule has 0 spiro atoms. The molecule has 0 bridgehead atoms. The highest BCUT2D eigenvalue weighted by Crippen LogP contribution is 2.37. The summed E-state index contributed by atoms with van der Waals surface area (Å²) in [5.74, 6) is -0.366. The molecule has 3 aromatic carbocycles. The first-order valence-electron chi connectivity index (χ1n) is 11.1. The fraction of sp³-hybridized carbons (Fsp3) is 0.192. The lowest BCUT2D eigenvalue weighted by atomic mass is 9.92. The van der Waals surface area contributed by atoms with E-state index in [0.29, 0.717) is 23.6 Å². The van der Waals surface area contributed by atoms with Gasteiger partial charge in [0.2, 0.25) is 12.0 Å². The number of hydrazine groups is 1. The molecule has 1 aliphatic rings. The van der Waals surface area contributed by atoms with Gasteiger partial charge in [0.1, 0.15) is 23.3 Å². The number of anilines is 1. The Morgan fingerprint density at radius 3 is 2.40 bits per heavy atom. The Morgan fingerprint density at radius 2 is 1.74 bits per heavy atom. The van der Waals surface area contributed by atoms with Crippen LogP contribution in [-0.2, 0) is 9.59 Å². The van der Waals surface area contributed by atoms with E-state index in [4.69, 9.17) is 9.47 Å². The van der Waals surface area contributed by atoms with Crippen LogP contribution in [0.1, 0.15) is 35.8 Å². The summed E-state index contributed by atoms with van der Waals surface area (Å²) in [6, 6.07) is 19.3. The second-order valence-electron chi connectivity index (χ2n) is 7.86. The van der Waals surface area contributed by atoms with Crippen molar-refractivity contribution in [1.82, 2.24) is 10.4 Å². The monoisotopic (exact) mass is 475 g/mol. The number of amides is 3. The zero-order valence-corrected chi connectivity index (χ0v) is 19.2. The summed E-state index contributed by atoms with van der Waals surface area (Å²) in [6.45, 7) is 3.46. The smallest absolute Gasteiger partial charge is 0.285 e. The molecule has 3 aromatic rings. The molecule has 9 heteroatoms. The largest absolute Gasteiger partial charge is 0.508 e. The standard InChI is InChI=1S/C26H25N3O6/c1-3-34-22-15-18(27-16(2)30)11-14-21(22)25(32)28-29-23(17-9-12-19(31)13-10-17)24(26(29)33)35-20-7-5-4-6-8-20/h4-15,23-24,31H,3H2,1-2H3,(H,27,30)(H,28,32)/t23-,24-/m0/s1. The summed E-state index contributed by atoms with van der Waals surface area (Å²) in [6.07, 6.45) is -0.865. The molecule has 1 fully saturated rings. The van der Waals surface area contributed by atoms with Crippen LogP contribution in [0.4, 0.5) is 5.69 Å². The molecule has 3 N–H and O–H groups in total. The molecule has 3 amide bonds. The number of phenols is 1. The summed E-state index contributed by atoms with van der Waals surface area (Å²) in [5, 5.41) is 13.5. The molecule has 35 heavy (non-hydrogen) atoms. The Bertz CT molecular complexity index is 1230. The quantitative estimate of drug-likeness (QED) is 0.430. The molecule has 2 atom stereocenters. The van der Waals surface area contributed by atoms with E-state index in [1.165, 1.54) is 30.1 Å². The van der Waals surface area contributed by atoms with Crippen LogP contribution >= 0.6 is 0 Å². The van der Waals surface area contributed by atoms with E-state index in [1.807, 2.05) is 6.07 Å². The number of para-hydroxylation sites is 1. The van der Waals surface area contributed by atoms with Crippen molar-refractivity contribution in [2.24, 2.45) is 0 Å². The molecule has 1 saturated heterocycles. The Balaban J connectivity index is 1.59. The normalized spacial score (nSPS) is 16.7. The molecule has 0 aliphatic carbocycles.